The molecule has 3 aliphatic heterocycles. The summed E-state index contributed by atoms with van der Waals surface area (Å²) in [6.07, 6.45) is 3.71. The summed E-state index contributed by atoms with van der Waals surface area (Å²) >= 11 is 14.6. The van der Waals surface area contributed by atoms with E-state index in [1.54, 1.807) is 11.3 Å². The van der Waals surface area contributed by atoms with Crippen LogP contribution in [0.25, 0.3) is 8.47 Å². The summed E-state index contributed by atoms with van der Waals surface area (Å²) in [5.41, 5.74) is 0. The lowest BCUT2D eigenvalue weighted by Crippen LogP contribution is -2.14. The maximum absolute atomic E-state index is 12.5. The van der Waals surface area contributed by atoms with E-state index >= 15 is 0 Å². The van der Waals surface area contributed by atoms with Gasteiger partial charge in [0.25, 0.3) is 4.74 Å². The lowest BCUT2D eigenvalue weighted by atomic mass is 10.4. The highest BCUT2D eigenvalue weighted by atomic mass is 32.3. The molecular formula is C14H10OS8. The van der Waals surface area contributed by atoms with Gasteiger partial charge < -0.3 is 0 Å². The van der Waals surface area contributed by atoms with Gasteiger partial charge in [-0.25, -0.2) is 0 Å². The summed E-state index contributed by atoms with van der Waals surface area (Å²) in [5.74, 6) is 2.41. The molecule has 1 nitrogen and oxygen atoms in total. The van der Waals surface area contributed by atoms with Crippen LogP contribution >= 0.6 is 93.2 Å². The highest BCUT2D eigenvalue weighted by Crippen LogP contribution is 2.60. The molecule has 4 aliphatic rings. The summed E-state index contributed by atoms with van der Waals surface area (Å²) in [6.45, 7) is 0. The topological polar surface area (TPSA) is 17.1 Å². The predicted octanol–water partition coefficient (Wildman–Crippen LogP) is 5.26. The smallest absolute Gasteiger partial charge is 0.252 e. The summed E-state index contributed by atoms with van der Waals surface area (Å²) in [7, 11) is 0. The molecule has 120 valence electrons. The summed E-state index contributed by atoms with van der Waals surface area (Å²) < 4.78 is 7.90. The molecule has 0 spiro atoms. The number of hydrogen-bond acceptors (Lipinski definition) is 9. The first-order valence-corrected chi connectivity index (χ1v) is 14.0. The van der Waals surface area contributed by atoms with Crippen LogP contribution in [0.5, 0.6) is 0 Å². The van der Waals surface area contributed by atoms with E-state index in [2.05, 4.69) is 0 Å². The third-order valence-electron chi connectivity index (χ3n) is 3.56. The number of hydrogen-bond donors (Lipinski definition) is 0. The fraction of sp³-hybridized carbons (Fsp3) is 0.357. The second kappa shape index (κ2) is 6.72. The number of rotatable bonds is 0. The van der Waals surface area contributed by atoms with E-state index in [1.165, 1.54) is 72.7 Å². The largest absolute Gasteiger partial charge is 0.276 e. The lowest BCUT2D eigenvalue weighted by Gasteiger charge is -2.08. The van der Waals surface area contributed by atoms with Gasteiger partial charge in [0.15, 0.2) is 0 Å². The molecular weight excluding hydrogens is 441 g/mol. The van der Waals surface area contributed by atoms with Crippen LogP contribution in [0.15, 0.2) is 23.1 Å². The molecule has 1 aliphatic carbocycles. The van der Waals surface area contributed by atoms with Crippen molar-refractivity contribution in [1.82, 2.24) is 0 Å². The van der Waals surface area contributed by atoms with Gasteiger partial charge in [-0.15, -0.1) is 34.9 Å². The van der Waals surface area contributed by atoms with Gasteiger partial charge >= 0.3 is 0 Å². The molecule has 0 atom stereocenters. The molecule has 0 radical (unpaired) electrons. The fourth-order valence-electron chi connectivity index (χ4n) is 2.54. The van der Waals surface area contributed by atoms with Gasteiger partial charge in [0, 0.05) is 21.3 Å². The number of thioether (sulfide) groups is 6. The predicted molar refractivity (Wildman–Crippen MR) is 118 cm³/mol. The maximum atomic E-state index is 12.5. The summed E-state index contributed by atoms with van der Waals surface area (Å²) in [6, 6.07) is 0. The van der Waals surface area contributed by atoms with E-state index < -0.39 is 0 Å². The molecule has 1 aromatic rings. The number of allylic oxidation sites excluding steroid dienone is 2. The van der Waals surface area contributed by atoms with Crippen LogP contribution in [0.2, 0.25) is 0 Å². The van der Waals surface area contributed by atoms with Crippen molar-refractivity contribution in [3.8, 4) is 0 Å². The molecule has 0 amide bonds. The Hall–Kier alpha value is 1.17. The third kappa shape index (κ3) is 3.07. The molecule has 0 aromatic carbocycles. The summed E-state index contributed by atoms with van der Waals surface area (Å²) in [5, 5.41) is 0. The molecule has 0 N–H and O–H groups in total. The van der Waals surface area contributed by atoms with E-state index in [0.29, 0.717) is 0 Å². The Bertz CT molecular complexity index is 893. The van der Waals surface area contributed by atoms with Gasteiger partial charge in [0.05, 0.1) is 16.9 Å². The standard InChI is InChI=1S/C14H10OS8/c15-9-8(10-18-6-2-1-3-7(6)19-10)20-13(21-9)14-22-11-12(23-14)17-5-4-16-11/h1-5H2. The zero-order chi connectivity index (χ0) is 15.4. The lowest BCUT2D eigenvalue weighted by molar-refractivity contribution is 0.921. The maximum Gasteiger partial charge on any atom is 0.252 e. The molecule has 4 heterocycles. The molecule has 0 saturated carbocycles. The van der Waals surface area contributed by atoms with Crippen molar-refractivity contribution in [3.63, 3.8) is 0 Å². The molecule has 0 fully saturated rings. The Morgan fingerprint density at radius 1 is 0.696 bits per heavy atom. The van der Waals surface area contributed by atoms with Crippen molar-refractivity contribution in [2.45, 2.75) is 19.3 Å². The molecule has 23 heavy (non-hydrogen) atoms. The van der Waals surface area contributed by atoms with Gasteiger partial charge in [0.2, 0.25) is 0 Å². The van der Waals surface area contributed by atoms with Crippen molar-refractivity contribution in [3.05, 3.63) is 36.2 Å². The minimum atomic E-state index is 0.250. The van der Waals surface area contributed by atoms with Crippen molar-refractivity contribution >= 4 is 102 Å². The molecule has 0 unspecified atom stereocenters. The Labute approximate surface area is 167 Å². The highest BCUT2D eigenvalue weighted by molar-refractivity contribution is 8.46. The van der Waals surface area contributed by atoms with Crippen molar-refractivity contribution in [1.29, 1.82) is 0 Å². The molecule has 0 saturated heterocycles. The van der Waals surface area contributed by atoms with E-state index in [9.17, 15) is 4.79 Å². The zero-order valence-electron chi connectivity index (χ0n) is 11.7. The summed E-state index contributed by atoms with van der Waals surface area (Å²) in [4.78, 5) is 15.6. The Balaban J connectivity index is 1.54. The van der Waals surface area contributed by atoms with Crippen LogP contribution in [-0.2, 0) is 0 Å². The molecule has 5 rings (SSSR count). The van der Waals surface area contributed by atoms with Crippen LogP contribution in [0, 0.1) is 0 Å². The van der Waals surface area contributed by atoms with Gasteiger partial charge in [-0.05, 0) is 19.3 Å². The van der Waals surface area contributed by atoms with E-state index in [0.717, 1.165) is 4.53 Å². The Morgan fingerprint density at radius 2 is 1.35 bits per heavy atom. The molecule has 1 aromatic heterocycles. The van der Waals surface area contributed by atoms with Crippen LogP contribution in [0.3, 0.4) is 0 Å². The van der Waals surface area contributed by atoms with Crippen molar-refractivity contribution in [2.75, 3.05) is 11.5 Å². The molecule has 0 bridgehead atoms. The molecule has 9 heteroatoms. The van der Waals surface area contributed by atoms with Gasteiger partial charge in [-0.2, -0.15) is 0 Å². The average Bonchev–Trinajstić information content (AvgIpc) is 3.27. The normalized spacial score (nSPS) is 24.0. The second-order valence-electron chi connectivity index (χ2n) is 5.06. The highest BCUT2D eigenvalue weighted by Gasteiger charge is 2.28. The first-order valence-electron chi connectivity index (χ1n) is 7.10. The van der Waals surface area contributed by atoms with E-state index in [-0.39, 0.29) is 4.74 Å². The third-order valence-corrected chi connectivity index (χ3v) is 15.3. The van der Waals surface area contributed by atoms with E-state index in [4.69, 9.17) is 0 Å². The minimum absolute atomic E-state index is 0.250. The monoisotopic (exact) mass is 450 g/mol. The minimum Gasteiger partial charge on any atom is -0.276 e. The average molecular weight is 451 g/mol. The Kier molecular flexibility index (Phi) is 4.78. The van der Waals surface area contributed by atoms with Gasteiger partial charge in [-0.3, -0.25) is 4.79 Å². The SMILES string of the molecule is O=c1sc(=C2SC3=C(SCCS3)S2)sc1=C1SC2=C(CCC2)S1. The van der Waals surface area contributed by atoms with Gasteiger partial charge in [-0.1, -0.05) is 58.4 Å². The van der Waals surface area contributed by atoms with Gasteiger partial charge in [0.1, 0.15) is 8.38 Å². The van der Waals surface area contributed by atoms with Crippen LogP contribution in [-0.4, -0.2) is 11.5 Å². The second-order valence-corrected chi connectivity index (χ2v) is 14.8. The fourth-order valence-corrected chi connectivity index (χ4v) is 14.3. The van der Waals surface area contributed by atoms with Crippen LogP contribution in [0.1, 0.15) is 19.3 Å². The van der Waals surface area contributed by atoms with Crippen LogP contribution < -0.4 is 13.1 Å². The Morgan fingerprint density at radius 3 is 2.00 bits per heavy atom. The first kappa shape index (κ1) is 16.4. The van der Waals surface area contributed by atoms with Crippen molar-refractivity contribution in [2.24, 2.45) is 0 Å². The zero-order valence-corrected chi connectivity index (χ0v) is 18.2. The first-order chi connectivity index (χ1) is 11.3. The van der Waals surface area contributed by atoms with E-state index in [1.807, 2.05) is 70.6 Å². The quantitative estimate of drug-likeness (QED) is 0.529. The van der Waals surface area contributed by atoms with Crippen molar-refractivity contribution < 1.29 is 0 Å². The van der Waals surface area contributed by atoms with Crippen LogP contribution in [0.4, 0.5) is 0 Å².